The van der Waals surface area contributed by atoms with E-state index in [1.165, 1.54) is 23.8 Å². The van der Waals surface area contributed by atoms with Crippen LogP contribution in [0.4, 0.5) is 4.79 Å². The Morgan fingerprint density at radius 2 is 1.91 bits per heavy atom. The maximum atomic E-state index is 14.2. The molecule has 9 heteroatoms. The number of benzene rings is 1. The molecule has 0 spiro atoms. The molecule has 0 aliphatic carbocycles. The Bertz CT molecular complexity index is 1250. The monoisotopic (exact) mass is 495 g/mol. The third-order valence-electron chi connectivity index (χ3n) is 5.85. The van der Waals surface area contributed by atoms with E-state index >= 15 is 0 Å². The minimum Gasteiger partial charge on any atom is -0.469 e. The van der Waals surface area contributed by atoms with Gasteiger partial charge in [-0.05, 0) is 39.8 Å². The molecule has 0 saturated carbocycles. The number of hydrogen-bond donors (Lipinski definition) is 1. The van der Waals surface area contributed by atoms with Gasteiger partial charge >= 0.3 is 12.1 Å². The number of pyridine rings is 1. The largest absolute Gasteiger partial charge is 0.469 e. The average molecular weight is 496 g/mol. The highest BCUT2D eigenvalue weighted by Crippen LogP contribution is 2.44. The summed E-state index contributed by atoms with van der Waals surface area (Å²) in [5.74, 6) is -1.02. The number of ketones is 1. The summed E-state index contributed by atoms with van der Waals surface area (Å²) in [5.41, 5.74) is 1.68. The van der Waals surface area contributed by atoms with Gasteiger partial charge < -0.3 is 14.5 Å². The summed E-state index contributed by atoms with van der Waals surface area (Å²) in [4.78, 5) is 48.9. The standard InChI is InChI=1S/C26H29N3O5S/c1-15(24(31)33-5)21-20(17-10-6-7-11-18(17)28-21)22(30)19-14-35-23(16-9-8-12-27-13-16)29(19)25(32)34-26(2,3)4/h6-13,15,19,23,28H,14H2,1-5H3. The topological polar surface area (TPSA) is 102 Å². The van der Waals surface area contributed by atoms with E-state index in [9.17, 15) is 14.4 Å². The second kappa shape index (κ2) is 9.73. The van der Waals surface area contributed by atoms with Gasteiger partial charge in [-0.25, -0.2) is 4.79 Å². The quantitative estimate of drug-likeness (QED) is 0.389. The first-order valence-electron chi connectivity index (χ1n) is 11.4. The van der Waals surface area contributed by atoms with Crippen LogP contribution in [0.3, 0.4) is 0 Å². The molecule has 3 unspecified atom stereocenters. The van der Waals surface area contributed by atoms with Crippen molar-refractivity contribution in [3.63, 3.8) is 0 Å². The lowest BCUT2D eigenvalue weighted by Crippen LogP contribution is -2.45. The number of hydrogen-bond acceptors (Lipinski definition) is 7. The Balaban J connectivity index is 1.80. The highest BCUT2D eigenvalue weighted by Gasteiger charge is 2.46. The van der Waals surface area contributed by atoms with Crippen molar-refractivity contribution >= 4 is 40.5 Å². The van der Waals surface area contributed by atoms with Crippen LogP contribution in [0.1, 0.15) is 60.6 Å². The van der Waals surface area contributed by atoms with Crippen LogP contribution in [0.15, 0.2) is 48.8 Å². The van der Waals surface area contributed by atoms with Crippen molar-refractivity contribution in [2.45, 2.75) is 50.6 Å². The van der Waals surface area contributed by atoms with E-state index in [2.05, 4.69) is 9.97 Å². The number of rotatable bonds is 5. The van der Waals surface area contributed by atoms with Crippen LogP contribution < -0.4 is 0 Å². The number of amides is 1. The second-order valence-electron chi connectivity index (χ2n) is 9.44. The summed E-state index contributed by atoms with van der Waals surface area (Å²) in [5, 5.41) is 0.265. The molecular weight excluding hydrogens is 466 g/mol. The highest BCUT2D eigenvalue weighted by atomic mass is 32.2. The number of esters is 1. The van der Waals surface area contributed by atoms with E-state index in [0.717, 1.165) is 11.1 Å². The van der Waals surface area contributed by atoms with Crippen molar-refractivity contribution in [2.75, 3.05) is 12.9 Å². The number of nitrogens with one attached hydrogen (secondary N) is 1. The Hall–Kier alpha value is -3.33. The molecule has 35 heavy (non-hydrogen) atoms. The van der Waals surface area contributed by atoms with Gasteiger partial charge in [-0.1, -0.05) is 24.3 Å². The first-order chi connectivity index (χ1) is 16.6. The van der Waals surface area contributed by atoms with Gasteiger partial charge in [0.05, 0.1) is 13.0 Å². The van der Waals surface area contributed by atoms with Crippen molar-refractivity contribution in [2.24, 2.45) is 0 Å². The number of fused-ring (bicyclic) bond motifs is 1. The van der Waals surface area contributed by atoms with Crippen molar-refractivity contribution in [1.82, 2.24) is 14.9 Å². The molecule has 1 aliphatic rings. The van der Waals surface area contributed by atoms with Gasteiger partial charge in [0.25, 0.3) is 0 Å². The molecule has 0 bridgehead atoms. The minimum absolute atomic E-state index is 0.252. The van der Waals surface area contributed by atoms with Crippen LogP contribution in [0.2, 0.25) is 0 Å². The smallest absolute Gasteiger partial charge is 0.412 e. The Morgan fingerprint density at radius 3 is 2.57 bits per heavy atom. The lowest BCUT2D eigenvalue weighted by molar-refractivity contribution is -0.142. The van der Waals surface area contributed by atoms with Gasteiger partial charge in [0, 0.05) is 45.9 Å². The maximum absolute atomic E-state index is 14.2. The molecule has 1 aliphatic heterocycles. The van der Waals surface area contributed by atoms with Crippen molar-refractivity contribution < 1.29 is 23.9 Å². The average Bonchev–Trinajstić information content (AvgIpc) is 3.44. The van der Waals surface area contributed by atoms with E-state index in [1.807, 2.05) is 30.3 Å². The van der Waals surface area contributed by atoms with Crippen LogP contribution in [-0.4, -0.2) is 57.2 Å². The van der Waals surface area contributed by atoms with Gasteiger partial charge in [0.2, 0.25) is 0 Å². The SMILES string of the molecule is COC(=O)C(C)c1[nH]c2ccccc2c1C(=O)C1CSC(c2cccnc2)N1C(=O)OC(C)(C)C. The highest BCUT2D eigenvalue weighted by molar-refractivity contribution is 7.99. The molecule has 4 rings (SSSR count). The molecule has 1 N–H and O–H groups in total. The lowest BCUT2D eigenvalue weighted by atomic mass is 9.95. The number of para-hydroxylation sites is 1. The molecular formula is C26H29N3O5S. The first kappa shape index (κ1) is 24.8. The molecule has 1 amide bonds. The molecule has 1 saturated heterocycles. The molecule has 0 radical (unpaired) electrons. The molecule has 184 valence electrons. The van der Waals surface area contributed by atoms with Gasteiger partial charge in [-0.15, -0.1) is 11.8 Å². The maximum Gasteiger partial charge on any atom is 0.412 e. The Kier molecular flexibility index (Phi) is 6.89. The fraction of sp³-hybridized carbons (Fsp3) is 0.385. The normalized spacial score (nSPS) is 18.9. The van der Waals surface area contributed by atoms with Crippen LogP contribution in [0, 0.1) is 0 Å². The first-order valence-corrected chi connectivity index (χ1v) is 12.4. The summed E-state index contributed by atoms with van der Waals surface area (Å²) in [7, 11) is 1.32. The molecule has 3 atom stereocenters. The minimum atomic E-state index is -0.789. The summed E-state index contributed by atoms with van der Waals surface area (Å²) in [6.45, 7) is 7.07. The molecule has 3 heterocycles. The number of carbonyl (C=O) groups excluding carboxylic acids is 3. The van der Waals surface area contributed by atoms with Gasteiger partial charge in [-0.2, -0.15) is 0 Å². The van der Waals surface area contributed by atoms with Crippen LogP contribution in [-0.2, 0) is 14.3 Å². The Morgan fingerprint density at radius 1 is 1.17 bits per heavy atom. The number of carbonyl (C=O) groups is 3. The zero-order valence-corrected chi connectivity index (χ0v) is 21.2. The fourth-order valence-electron chi connectivity index (χ4n) is 4.24. The number of thioether (sulfide) groups is 1. The lowest BCUT2D eigenvalue weighted by Gasteiger charge is -2.31. The zero-order chi connectivity index (χ0) is 25.3. The van der Waals surface area contributed by atoms with E-state index in [1.54, 1.807) is 46.2 Å². The molecule has 3 aromatic rings. The number of ether oxygens (including phenoxy) is 2. The number of methoxy groups -OCH3 is 1. The van der Waals surface area contributed by atoms with Crippen molar-refractivity contribution in [3.8, 4) is 0 Å². The van der Waals surface area contributed by atoms with Crippen LogP contribution >= 0.6 is 11.8 Å². The summed E-state index contributed by atoms with van der Waals surface area (Å²) >= 11 is 1.48. The fourth-order valence-corrected chi connectivity index (χ4v) is 5.64. The van der Waals surface area contributed by atoms with E-state index < -0.39 is 35.0 Å². The van der Waals surface area contributed by atoms with E-state index in [0.29, 0.717) is 22.4 Å². The number of Topliss-reactive ketones (excluding diaryl/α,β-unsaturated/α-hetero) is 1. The Labute approximate surface area is 208 Å². The predicted molar refractivity (Wildman–Crippen MR) is 134 cm³/mol. The van der Waals surface area contributed by atoms with Crippen molar-refractivity contribution in [3.05, 3.63) is 65.6 Å². The van der Waals surface area contributed by atoms with Crippen LogP contribution in [0.25, 0.3) is 10.9 Å². The number of aromatic nitrogens is 2. The van der Waals surface area contributed by atoms with E-state index in [4.69, 9.17) is 9.47 Å². The number of aromatic amines is 1. The summed E-state index contributed by atoms with van der Waals surface area (Å²) in [6.07, 6.45) is 2.78. The summed E-state index contributed by atoms with van der Waals surface area (Å²) in [6, 6.07) is 10.3. The number of nitrogens with zero attached hydrogens (tertiary/aromatic N) is 2. The molecule has 8 nitrogen and oxygen atoms in total. The van der Waals surface area contributed by atoms with Gasteiger partial charge in [0.1, 0.15) is 17.0 Å². The third-order valence-corrected chi connectivity index (χ3v) is 7.17. The van der Waals surface area contributed by atoms with Crippen LogP contribution in [0.5, 0.6) is 0 Å². The molecule has 2 aromatic heterocycles. The van der Waals surface area contributed by atoms with Crippen molar-refractivity contribution in [1.29, 1.82) is 0 Å². The number of H-pyrrole nitrogens is 1. The molecule has 1 aromatic carbocycles. The zero-order valence-electron chi connectivity index (χ0n) is 20.4. The summed E-state index contributed by atoms with van der Waals surface area (Å²) < 4.78 is 10.7. The predicted octanol–water partition coefficient (Wildman–Crippen LogP) is 5.07. The molecule has 1 fully saturated rings. The second-order valence-corrected chi connectivity index (χ2v) is 10.6. The third kappa shape index (κ3) is 4.91. The van der Waals surface area contributed by atoms with Gasteiger partial charge in [0.15, 0.2) is 5.78 Å². The van der Waals surface area contributed by atoms with E-state index in [-0.39, 0.29) is 5.78 Å². The van der Waals surface area contributed by atoms with Gasteiger partial charge in [-0.3, -0.25) is 19.5 Å².